The average Bonchev–Trinajstić information content (AvgIpc) is 2.54. The topological polar surface area (TPSA) is 64.4 Å². The monoisotopic (exact) mass is 340 g/mol. The van der Waals surface area contributed by atoms with Crippen molar-refractivity contribution in [2.24, 2.45) is 5.73 Å². The van der Waals surface area contributed by atoms with Crippen LogP contribution in [0.2, 0.25) is 0 Å². The molecule has 0 bridgehead atoms. The van der Waals surface area contributed by atoms with Crippen LogP contribution < -0.4 is 11.1 Å². The van der Waals surface area contributed by atoms with E-state index in [1.165, 1.54) is 5.56 Å². The lowest BCUT2D eigenvalue weighted by molar-refractivity contribution is -0.126. The number of nitrogens with two attached hydrogens (primary N) is 1. The number of halogens is 1. The summed E-state index contributed by atoms with van der Waals surface area (Å²) in [6.45, 7) is 5.95. The maximum Gasteiger partial charge on any atom is 0.239 e. The van der Waals surface area contributed by atoms with Gasteiger partial charge in [-0.1, -0.05) is 43.7 Å². The highest BCUT2D eigenvalue weighted by atomic mass is 35.5. The van der Waals surface area contributed by atoms with Gasteiger partial charge in [-0.15, -0.1) is 12.4 Å². The van der Waals surface area contributed by atoms with Crippen LogP contribution in [0.1, 0.15) is 45.1 Å². The summed E-state index contributed by atoms with van der Waals surface area (Å²) in [5.41, 5.74) is 6.56. The van der Waals surface area contributed by atoms with Crippen molar-refractivity contribution in [1.29, 1.82) is 0 Å². The second-order valence-corrected chi connectivity index (χ2v) is 6.61. The number of hydrogen-bond donors (Lipinski definition) is 2. The normalized spacial score (nSPS) is 19.3. The smallest absolute Gasteiger partial charge is 0.239 e. The fraction of sp³-hybridized carbons (Fsp3) is 0.611. The van der Waals surface area contributed by atoms with Crippen LogP contribution in [0.25, 0.3) is 0 Å². The van der Waals surface area contributed by atoms with Crippen LogP contribution in [0.4, 0.5) is 0 Å². The van der Waals surface area contributed by atoms with E-state index in [0.29, 0.717) is 13.0 Å². The summed E-state index contributed by atoms with van der Waals surface area (Å²) in [4.78, 5) is 12.4. The highest BCUT2D eigenvalue weighted by molar-refractivity contribution is 5.85. The number of hydrogen-bond acceptors (Lipinski definition) is 3. The molecule has 0 aromatic heterocycles. The lowest BCUT2D eigenvalue weighted by Crippen LogP contribution is -2.55. The fourth-order valence-corrected chi connectivity index (χ4v) is 3.21. The molecule has 23 heavy (non-hydrogen) atoms. The molecule has 1 heterocycles. The number of rotatable bonds is 6. The molecule has 0 saturated carbocycles. The zero-order valence-electron chi connectivity index (χ0n) is 14.1. The molecule has 1 aromatic carbocycles. The highest BCUT2D eigenvalue weighted by Crippen LogP contribution is 2.34. The second kappa shape index (κ2) is 8.67. The van der Waals surface area contributed by atoms with Gasteiger partial charge in [-0.25, -0.2) is 0 Å². The highest BCUT2D eigenvalue weighted by Gasteiger charge is 2.36. The summed E-state index contributed by atoms with van der Waals surface area (Å²) >= 11 is 0. The van der Waals surface area contributed by atoms with E-state index in [-0.39, 0.29) is 23.7 Å². The minimum Gasteiger partial charge on any atom is -0.381 e. The number of ether oxygens (including phenoxy) is 1. The van der Waals surface area contributed by atoms with E-state index in [1.807, 2.05) is 19.9 Å². The molecular weight excluding hydrogens is 312 g/mol. The van der Waals surface area contributed by atoms with E-state index in [0.717, 1.165) is 32.5 Å². The van der Waals surface area contributed by atoms with Crippen molar-refractivity contribution in [3.05, 3.63) is 35.9 Å². The van der Waals surface area contributed by atoms with Crippen LogP contribution in [0.5, 0.6) is 0 Å². The van der Waals surface area contributed by atoms with Gasteiger partial charge in [0, 0.05) is 25.2 Å². The molecule has 1 fully saturated rings. The Bertz CT molecular complexity index is 485. The van der Waals surface area contributed by atoms with Crippen molar-refractivity contribution < 1.29 is 9.53 Å². The zero-order chi connectivity index (χ0) is 16.1. The Hall–Kier alpha value is -1.10. The predicted molar refractivity (Wildman–Crippen MR) is 95.9 cm³/mol. The lowest BCUT2D eigenvalue weighted by Gasteiger charge is -2.38. The number of benzene rings is 1. The molecule has 4 nitrogen and oxygen atoms in total. The molecule has 1 amide bonds. The second-order valence-electron chi connectivity index (χ2n) is 6.61. The molecule has 3 N–H and O–H groups in total. The van der Waals surface area contributed by atoms with Crippen molar-refractivity contribution >= 4 is 18.3 Å². The first-order chi connectivity index (χ1) is 10.5. The number of nitrogens with one attached hydrogen (secondary N) is 1. The molecule has 1 aromatic rings. The van der Waals surface area contributed by atoms with Crippen LogP contribution in [-0.4, -0.2) is 31.2 Å². The first-order valence-corrected chi connectivity index (χ1v) is 8.21. The van der Waals surface area contributed by atoms with Gasteiger partial charge >= 0.3 is 0 Å². The summed E-state index contributed by atoms with van der Waals surface area (Å²) in [5.74, 6) is -0.0591. The molecule has 0 spiro atoms. The number of amides is 1. The lowest BCUT2D eigenvalue weighted by atomic mass is 9.74. The van der Waals surface area contributed by atoms with Crippen LogP contribution in [0.15, 0.2) is 30.3 Å². The summed E-state index contributed by atoms with van der Waals surface area (Å²) in [6.07, 6.45) is 3.44. The SMILES string of the molecule is CCCC(C)(N)C(=O)NCC1(c2ccccc2)CCOCC1.Cl. The van der Waals surface area contributed by atoms with Gasteiger partial charge in [0.15, 0.2) is 0 Å². The Labute approximate surface area is 145 Å². The van der Waals surface area contributed by atoms with E-state index in [9.17, 15) is 4.79 Å². The van der Waals surface area contributed by atoms with Crippen LogP contribution in [0, 0.1) is 0 Å². The molecule has 1 unspecified atom stereocenters. The minimum absolute atomic E-state index is 0. The van der Waals surface area contributed by atoms with Gasteiger partial charge in [0.05, 0.1) is 5.54 Å². The molecule has 5 heteroatoms. The predicted octanol–water partition coefficient (Wildman–Crippen LogP) is 2.79. The summed E-state index contributed by atoms with van der Waals surface area (Å²) < 4.78 is 5.52. The van der Waals surface area contributed by atoms with Gasteiger partial charge in [-0.05, 0) is 31.7 Å². The molecule has 0 aliphatic carbocycles. The Morgan fingerprint density at radius 3 is 2.48 bits per heavy atom. The Kier molecular flexibility index (Phi) is 7.52. The van der Waals surface area contributed by atoms with Crippen LogP contribution in [0.3, 0.4) is 0 Å². The first-order valence-electron chi connectivity index (χ1n) is 8.21. The largest absolute Gasteiger partial charge is 0.381 e. The minimum atomic E-state index is -0.794. The third-order valence-corrected chi connectivity index (χ3v) is 4.71. The molecule has 1 aliphatic rings. The molecule has 130 valence electrons. The standard InChI is InChI=1S/C18H28N2O2.ClH/c1-3-9-17(2,19)16(21)20-14-18(10-12-22-13-11-18)15-7-5-4-6-8-15;/h4-8H,3,9-14,19H2,1-2H3,(H,20,21);1H. The Morgan fingerprint density at radius 1 is 1.30 bits per heavy atom. The Balaban J connectivity index is 0.00000264. The molecule has 1 atom stereocenters. The average molecular weight is 341 g/mol. The molecule has 2 rings (SSSR count). The number of carbonyl (C=O) groups excluding carboxylic acids is 1. The summed E-state index contributed by atoms with van der Waals surface area (Å²) in [5, 5.41) is 3.10. The van der Waals surface area contributed by atoms with Gasteiger partial charge in [-0.3, -0.25) is 4.79 Å². The molecular formula is C18H29ClN2O2. The van der Waals surface area contributed by atoms with Gasteiger partial charge in [0.2, 0.25) is 5.91 Å². The van der Waals surface area contributed by atoms with Gasteiger partial charge in [-0.2, -0.15) is 0 Å². The fourth-order valence-electron chi connectivity index (χ4n) is 3.21. The summed E-state index contributed by atoms with van der Waals surface area (Å²) in [7, 11) is 0. The Morgan fingerprint density at radius 2 is 1.91 bits per heavy atom. The third kappa shape index (κ3) is 4.93. The van der Waals surface area contributed by atoms with Gasteiger partial charge < -0.3 is 15.8 Å². The van der Waals surface area contributed by atoms with E-state index < -0.39 is 5.54 Å². The third-order valence-electron chi connectivity index (χ3n) is 4.71. The van der Waals surface area contributed by atoms with Crippen LogP contribution >= 0.6 is 12.4 Å². The molecule has 0 radical (unpaired) electrons. The van der Waals surface area contributed by atoms with Gasteiger partial charge in [0.1, 0.15) is 0 Å². The van der Waals surface area contributed by atoms with Crippen molar-refractivity contribution in [1.82, 2.24) is 5.32 Å². The van der Waals surface area contributed by atoms with Crippen LogP contribution in [-0.2, 0) is 14.9 Å². The van der Waals surface area contributed by atoms with Crippen molar-refractivity contribution in [2.75, 3.05) is 19.8 Å². The zero-order valence-corrected chi connectivity index (χ0v) is 15.0. The maximum atomic E-state index is 12.4. The van der Waals surface area contributed by atoms with E-state index >= 15 is 0 Å². The molecule has 1 aliphatic heterocycles. The van der Waals surface area contributed by atoms with Crippen molar-refractivity contribution in [3.63, 3.8) is 0 Å². The van der Waals surface area contributed by atoms with E-state index in [2.05, 4.69) is 29.6 Å². The molecule has 1 saturated heterocycles. The number of carbonyl (C=O) groups is 1. The summed E-state index contributed by atoms with van der Waals surface area (Å²) in [6, 6.07) is 10.4. The van der Waals surface area contributed by atoms with E-state index in [4.69, 9.17) is 10.5 Å². The quantitative estimate of drug-likeness (QED) is 0.837. The van der Waals surface area contributed by atoms with Crippen molar-refractivity contribution in [2.45, 2.75) is 50.5 Å². The maximum absolute atomic E-state index is 12.4. The van der Waals surface area contributed by atoms with Gasteiger partial charge in [0.25, 0.3) is 0 Å². The first kappa shape index (κ1) is 19.9. The van der Waals surface area contributed by atoms with Crippen molar-refractivity contribution in [3.8, 4) is 0 Å². The van der Waals surface area contributed by atoms with E-state index in [1.54, 1.807) is 0 Å².